The molecule has 116 valence electrons. The first-order valence-electron chi connectivity index (χ1n) is 6.81. The number of rotatable bonds is 5. The molecule has 0 aliphatic rings. The SMILES string of the molecule is COc1ccc(OC)c(CNC(=O)c2cccc(C)c2I)c1. The van der Waals surface area contributed by atoms with Crippen LogP contribution in [0.5, 0.6) is 11.5 Å². The van der Waals surface area contributed by atoms with Crippen LogP contribution in [0.2, 0.25) is 0 Å². The highest BCUT2D eigenvalue weighted by molar-refractivity contribution is 14.1. The first kappa shape index (κ1) is 16.6. The van der Waals surface area contributed by atoms with Crippen LogP contribution in [0.3, 0.4) is 0 Å². The summed E-state index contributed by atoms with van der Waals surface area (Å²) in [6, 6.07) is 11.2. The summed E-state index contributed by atoms with van der Waals surface area (Å²) in [4.78, 5) is 12.4. The van der Waals surface area contributed by atoms with Crippen molar-refractivity contribution in [2.75, 3.05) is 14.2 Å². The molecule has 0 aliphatic carbocycles. The monoisotopic (exact) mass is 411 g/mol. The lowest BCUT2D eigenvalue weighted by Gasteiger charge is -2.12. The van der Waals surface area contributed by atoms with Crippen molar-refractivity contribution in [2.45, 2.75) is 13.5 Å². The van der Waals surface area contributed by atoms with Crippen LogP contribution in [0.25, 0.3) is 0 Å². The topological polar surface area (TPSA) is 47.6 Å². The minimum absolute atomic E-state index is 0.0991. The Bertz CT molecular complexity index is 686. The standard InChI is InChI=1S/C17H18INO3/c1-11-5-4-6-14(16(11)18)17(20)19-10-12-9-13(21-2)7-8-15(12)22-3/h4-9H,10H2,1-3H3,(H,19,20). The summed E-state index contributed by atoms with van der Waals surface area (Å²) < 4.78 is 11.5. The molecule has 4 nitrogen and oxygen atoms in total. The minimum atomic E-state index is -0.0991. The van der Waals surface area contributed by atoms with Gasteiger partial charge in [-0.05, 0) is 59.3 Å². The second-order valence-electron chi connectivity index (χ2n) is 4.80. The third-order valence-corrected chi connectivity index (χ3v) is 4.80. The van der Waals surface area contributed by atoms with Crippen molar-refractivity contribution in [2.24, 2.45) is 0 Å². The average Bonchev–Trinajstić information content (AvgIpc) is 2.54. The molecule has 0 aliphatic heterocycles. The lowest BCUT2D eigenvalue weighted by molar-refractivity contribution is 0.0949. The highest BCUT2D eigenvalue weighted by Crippen LogP contribution is 2.24. The zero-order valence-corrected chi connectivity index (χ0v) is 14.9. The molecule has 22 heavy (non-hydrogen) atoms. The van der Waals surface area contributed by atoms with Crippen LogP contribution in [0.1, 0.15) is 21.5 Å². The second-order valence-corrected chi connectivity index (χ2v) is 5.88. The Morgan fingerprint density at radius 1 is 1.18 bits per heavy atom. The fourth-order valence-corrected chi connectivity index (χ4v) is 2.72. The highest BCUT2D eigenvalue weighted by atomic mass is 127. The maximum absolute atomic E-state index is 12.4. The van der Waals surface area contributed by atoms with Crippen molar-refractivity contribution in [3.8, 4) is 11.5 Å². The van der Waals surface area contributed by atoms with E-state index < -0.39 is 0 Å². The van der Waals surface area contributed by atoms with E-state index in [4.69, 9.17) is 9.47 Å². The number of carbonyl (C=O) groups is 1. The van der Waals surface area contributed by atoms with E-state index in [0.29, 0.717) is 12.1 Å². The van der Waals surface area contributed by atoms with Gasteiger partial charge in [-0.3, -0.25) is 4.79 Å². The Morgan fingerprint density at radius 2 is 1.95 bits per heavy atom. The van der Waals surface area contributed by atoms with E-state index in [9.17, 15) is 4.79 Å². The van der Waals surface area contributed by atoms with Crippen molar-refractivity contribution in [3.63, 3.8) is 0 Å². The summed E-state index contributed by atoms with van der Waals surface area (Å²) in [6.07, 6.45) is 0. The Morgan fingerprint density at radius 3 is 2.64 bits per heavy atom. The predicted molar refractivity (Wildman–Crippen MR) is 94.6 cm³/mol. The zero-order valence-electron chi connectivity index (χ0n) is 12.8. The first-order chi connectivity index (χ1) is 10.6. The number of methoxy groups -OCH3 is 2. The van der Waals surface area contributed by atoms with Gasteiger partial charge in [0.2, 0.25) is 0 Å². The third kappa shape index (κ3) is 3.71. The van der Waals surface area contributed by atoms with Crippen molar-refractivity contribution in [3.05, 3.63) is 56.7 Å². The third-order valence-electron chi connectivity index (χ3n) is 3.36. The number of hydrogen-bond donors (Lipinski definition) is 1. The molecule has 5 heteroatoms. The van der Waals surface area contributed by atoms with Gasteiger partial charge < -0.3 is 14.8 Å². The van der Waals surface area contributed by atoms with Crippen molar-refractivity contribution in [1.82, 2.24) is 5.32 Å². The van der Waals surface area contributed by atoms with Gasteiger partial charge in [0.05, 0.1) is 19.8 Å². The summed E-state index contributed by atoms with van der Waals surface area (Å²) >= 11 is 2.19. The summed E-state index contributed by atoms with van der Waals surface area (Å²) in [5.74, 6) is 1.35. The van der Waals surface area contributed by atoms with Crippen LogP contribution in [0.15, 0.2) is 36.4 Å². The molecular weight excluding hydrogens is 393 g/mol. The molecule has 2 aromatic rings. The quantitative estimate of drug-likeness (QED) is 0.766. The first-order valence-corrected chi connectivity index (χ1v) is 7.89. The summed E-state index contributed by atoms with van der Waals surface area (Å²) in [7, 11) is 3.22. The van der Waals surface area contributed by atoms with E-state index in [0.717, 1.165) is 26.2 Å². The van der Waals surface area contributed by atoms with Crippen LogP contribution in [0, 0.1) is 10.5 Å². The smallest absolute Gasteiger partial charge is 0.252 e. The van der Waals surface area contributed by atoms with Crippen LogP contribution < -0.4 is 14.8 Å². The number of carbonyl (C=O) groups excluding carboxylic acids is 1. The van der Waals surface area contributed by atoms with Crippen LogP contribution in [0.4, 0.5) is 0 Å². The number of hydrogen-bond acceptors (Lipinski definition) is 3. The number of benzene rings is 2. The normalized spacial score (nSPS) is 10.2. The van der Waals surface area contributed by atoms with Gasteiger partial charge in [0.25, 0.3) is 5.91 Å². The molecule has 1 N–H and O–H groups in total. The molecular formula is C17H18INO3. The molecule has 0 saturated heterocycles. The van der Waals surface area contributed by atoms with Gasteiger partial charge in [-0.2, -0.15) is 0 Å². The summed E-state index contributed by atoms with van der Waals surface area (Å²) in [6.45, 7) is 2.37. The van der Waals surface area contributed by atoms with Gasteiger partial charge >= 0.3 is 0 Å². The van der Waals surface area contributed by atoms with Crippen LogP contribution in [-0.2, 0) is 6.54 Å². The highest BCUT2D eigenvalue weighted by Gasteiger charge is 2.12. The van der Waals surface area contributed by atoms with Gasteiger partial charge in [-0.1, -0.05) is 12.1 Å². The van der Waals surface area contributed by atoms with E-state index in [1.54, 1.807) is 14.2 Å². The van der Waals surface area contributed by atoms with Gasteiger partial charge in [0.15, 0.2) is 0 Å². The van der Waals surface area contributed by atoms with Crippen molar-refractivity contribution < 1.29 is 14.3 Å². The maximum atomic E-state index is 12.4. The Hall–Kier alpha value is -1.76. The number of amides is 1. The van der Waals surface area contributed by atoms with E-state index in [-0.39, 0.29) is 5.91 Å². The molecule has 0 saturated carbocycles. The second kappa shape index (κ2) is 7.49. The Kier molecular flexibility index (Phi) is 5.65. The van der Waals surface area contributed by atoms with Crippen LogP contribution >= 0.6 is 22.6 Å². The molecule has 2 rings (SSSR count). The van der Waals surface area contributed by atoms with Gasteiger partial charge in [0, 0.05) is 15.7 Å². The fourth-order valence-electron chi connectivity index (χ4n) is 2.11. The number of ether oxygens (including phenoxy) is 2. The minimum Gasteiger partial charge on any atom is -0.497 e. The number of halogens is 1. The van der Waals surface area contributed by atoms with E-state index >= 15 is 0 Å². The maximum Gasteiger partial charge on any atom is 0.252 e. The number of nitrogens with one attached hydrogen (secondary N) is 1. The van der Waals surface area contributed by atoms with Crippen LogP contribution in [-0.4, -0.2) is 20.1 Å². The van der Waals surface area contributed by atoms with Gasteiger partial charge in [-0.15, -0.1) is 0 Å². The molecule has 0 fully saturated rings. The molecule has 2 aromatic carbocycles. The lowest BCUT2D eigenvalue weighted by atomic mass is 10.1. The summed E-state index contributed by atoms with van der Waals surface area (Å²) in [5.41, 5.74) is 2.65. The molecule has 0 bridgehead atoms. The molecule has 0 unspecified atom stereocenters. The summed E-state index contributed by atoms with van der Waals surface area (Å²) in [5, 5.41) is 2.93. The Balaban J connectivity index is 2.16. The lowest BCUT2D eigenvalue weighted by Crippen LogP contribution is -2.24. The molecule has 0 spiro atoms. The van der Waals surface area contributed by atoms with E-state index in [2.05, 4.69) is 27.9 Å². The fraction of sp³-hybridized carbons (Fsp3) is 0.235. The average molecular weight is 411 g/mol. The van der Waals surface area contributed by atoms with Crippen molar-refractivity contribution >= 4 is 28.5 Å². The predicted octanol–water partition coefficient (Wildman–Crippen LogP) is 3.55. The molecule has 1 amide bonds. The molecule has 0 heterocycles. The van der Waals surface area contributed by atoms with Crippen molar-refractivity contribution in [1.29, 1.82) is 0 Å². The van der Waals surface area contributed by atoms with Gasteiger partial charge in [-0.25, -0.2) is 0 Å². The largest absolute Gasteiger partial charge is 0.497 e. The number of aryl methyl sites for hydroxylation is 1. The zero-order chi connectivity index (χ0) is 16.1. The van der Waals surface area contributed by atoms with Gasteiger partial charge in [0.1, 0.15) is 11.5 Å². The molecule has 0 aromatic heterocycles. The molecule has 0 atom stereocenters. The van der Waals surface area contributed by atoms with E-state index in [1.807, 2.05) is 43.3 Å². The van der Waals surface area contributed by atoms with E-state index in [1.165, 1.54) is 0 Å². The Labute approximate surface area is 144 Å². The molecule has 0 radical (unpaired) electrons.